The molecule has 0 bridgehead atoms. The van der Waals surface area contributed by atoms with Gasteiger partial charge in [-0.15, -0.1) is 0 Å². The van der Waals surface area contributed by atoms with Crippen LogP contribution in [0.2, 0.25) is 5.02 Å². The number of benzene rings is 2. The van der Waals surface area contributed by atoms with Gasteiger partial charge in [-0.3, -0.25) is 0 Å². The number of halogens is 1. The summed E-state index contributed by atoms with van der Waals surface area (Å²) in [6, 6.07) is 14.1. The summed E-state index contributed by atoms with van der Waals surface area (Å²) in [5.74, 6) is 0.934. The monoisotopic (exact) mass is 367 g/mol. The van der Waals surface area contributed by atoms with Crippen molar-refractivity contribution in [1.82, 2.24) is 9.88 Å². The summed E-state index contributed by atoms with van der Waals surface area (Å²) < 4.78 is 0. The van der Waals surface area contributed by atoms with Crippen LogP contribution in [0.1, 0.15) is 37.3 Å². The summed E-state index contributed by atoms with van der Waals surface area (Å²) in [4.78, 5) is 7.24. The molecule has 4 heteroatoms. The molecule has 0 amide bonds. The van der Waals surface area contributed by atoms with Crippen molar-refractivity contribution in [3.8, 4) is 0 Å². The fraction of sp³-hybridized carbons (Fsp3) is 0.409. The van der Waals surface area contributed by atoms with Gasteiger partial charge in [-0.2, -0.15) is 0 Å². The summed E-state index contributed by atoms with van der Waals surface area (Å²) in [5.41, 5.74) is 9.83. The fourth-order valence-corrected chi connectivity index (χ4v) is 4.02. The van der Waals surface area contributed by atoms with Crippen molar-refractivity contribution in [3.63, 3.8) is 0 Å². The molecule has 1 aromatic heterocycles. The summed E-state index contributed by atoms with van der Waals surface area (Å²) in [6.07, 6.45) is 4.87. The second kappa shape index (κ2) is 7.51. The first-order valence-electron chi connectivity index (χ1n) is 9.54. The molecule has 2 N–H and O–H groups in total. The first kappa shape index (κ1) is 17.7. The van der Waals surface area contributed by atoms with Crippen molar-refractivity contribution in [3.05, 3.63) is 53.1 Å². The van der Waals surface area contributed by atoms with Gasteiger partial charge in [-0.05, 0) is 75.0 Å². The lowest BCUT2D eigenvalue weighted by molar-refractivity contribution is 0.309. The van der Waals surface area contributed by atoms with Crippen molar-refractivity contribution in [2.75, 3.05) is 20.1 Å². The van der Waals surface area contributed by atoms with Crippen LogP contribution in [0.15, 0.2) is 42.5 Å². The average Bonchev–Trinajstić information content (AvgIpc) is 3.43. The Morgan fingerprint density at radius 1 is 1.15 bits per heavy atom. The number of hydrogen-bond donors (Lipinski definition) is 1. The van der Waals surface area contributed by atoms with Gasteiger partial charge in [0.2, 0.25) is 0 Å². The number of nitrogens with zero attached hydrogens (tertiary/aromatic N) is 2. The lowest BCUT2D eigenvalue weighted by Gasteiger charge is -2.20. The molecule has 1 fully saturated rings. The molecule has 1 saturated carbocycles. The van der Waals surface area contributed by atoms with E-state index in [9.17, 15) is 0 Å². The SMILES string of the molecule is CN(CCCC(N)c1c2ccccc2nc2ccc(Cl)cc12)CC1CC1. The molecule has 0 radical (unpaired) electrons. The number of nitrogens with two attached hydrogens (primary N) is 1. The zero-order chi connectivity index (χ0) is 18.1. The Balaban J connectivity index is 1.60. The average molecular weight is 368 g/mol. The van der Waals surface area contributed by atoms with Crippen molar-refractivity contribution < 1.29 is 0 Å². The van der Waals surface area contributed by atoms with Crippen LogP contribution in [-0.2, 0) is 0 Å². The standard InChI is InChI=1S/C22H26ClN3/c1-26(14-15-8-9-15)12-4-6-19(24)22-17-5-2-3-7-20(17)25-21-11-10-16(23)13-18(21)22/h2-3,5,7,10-11,13,15,19H,4,6,8-9,12,14,24H2,1H3. The second-order valence-corrected chi connectivity index (χ2v) is 8.09. The normalized spacial score (nSPS) is 15.8. The summed E-state index contributed by atoms with van der Waals surface area (Å²) in [5, 5.41) is 2.95. The van der Waals surface area contributed by atoms with Crippen LogP contribution in [0.5, 0.6) is 0 Å². The van der Waals surface area contributed by atoms with E-state index in [1.807, 2.05) is 24.3 Å². The van der Waals surface area contributed by atoms with Gasteiger partial charge < -0.3 is 10.6 Å². The lowest BCUT2D eigenvalue weighted by atomic mass is 9.94. The van der Waals surface area contributed by atoms with E-state index in [0.29, 0.717) is 0 Å². The number of para-hydroxylation sites is 1. The van der Waals surface area contributed by atoms with Crippen LogP contribution in [0.3, 0.4) is 0 Å². The van der Waals surface area contributed by atoms with Gasteiger partial charge in [0.05, 0.1) is 11.0 Å². The van der Waals surface area contributed by atoms with Gasteiger partial charge in [0.1, 0.15) is 0 Å². The Hall–Kier alpha value is -1.68. The topological polar surface area (TPSA) is 42.1 Å². The number of rotatable bonds is 7. The minimum atomic E-state index is -0.0156. The molecule has 1 atom stereocenters. The zero-order valence-electron chi connectivity index (χ0n) is 15.3. The van der Waals surface area contributed by atoms with Crippen LogP contribution >= 0.6 is 11.6 Å². The zero-order valence-corrected chi connectivity index (χ0v) is 16.0. The highest BCUT2D eigenvalue weighted by Crippen LogP contribution is 2.33. The number of pyridine rings is 1. The van der Waals surface area contributed by atoms with E-state index < -0.39 is 0 Å². The van der Waals surface area contributed by atoms with Crippen LogP contribution in [-0.4, -0.2) is 30.0 Å². The van der Waals surface area contributed by atoms with Gasteiger partial charge in [0, 0.05) is 28.4 Å². The Labute approximate surface area is 160 Å². The Bertz CT molecular complexity index is 920. The molecule has 1 unspecified atom stereocenters. The van der Waals surface area contributed by atoms with E-state index >= 15 is 0 Å². The van der Waals surface area contributed by atoms with Gasteiger partial charge in [-0.25, -0.2) is 4.98 Å². The Morgan fingerprint density at radius 2 is 1.92 bits per heavy atom. The Morgan fingerprint density at radius 3 is 2.73 bits per heavy atom. The highest BCUT2D eigenvalue weighted by atomic mass is 35.5. The Kier molecular flexibility index (Phi) is 5.12. The van der Waals surface area contributed by atoms with Crippen molar-refractivity contribution >= 4 is 33.4 Å². The maximum absolute atomic E-state index is 6.69. The molecule has 0 spiro atoms. The van der Waals surface area contributed by atoms with Gasteiger partial charge in [0.15, 0.2) is 0 Å². The van der Waals surface area contributed by atoms with Crippen LogP contribution in [0.4, 0.5) is 0 Å². The van der Waals surface area contributed by atoms with Crippen LogP contribution < -0.4 is 5.73 Å². The third kappa shape index (κ3) is 3.85. The third-order valence-corrected chi connectivity index (χ3v) is 5.61. The molecule has 136 valence electrons. The molecule has 0 aliphatic heterocycles. The van der Waals surface area contributed by atoms with Crippen LogP contribution in [0.25, 0.3) is 21.8 Å². The lowest BCUT2D eigenvalue weighted by Crippen LogP contribution is -2.23. The minimum Gasteiger partial charge on any atom is -0.324 e. The first-order chi connectivity index (χ1) is 12.6. The molecule has 1 aliphatic carbocycles. The molecule has 1 heterocycles. The van der Waals surface area contributed by atoms with Gasteiger partial charge in [-0.1, -0.05) is 29.8 Å². The molecule has 2 aromatic carbocycles. The summed E-state index contributed by atoms with van der Waals surface area (Å²) in [6.45, 7) is 2.33. The minimum absolute atomic E-state index is 0.0156. The molecule has 26 heavy (non-hydrogen) atoms. The molecular formula is C22H26ClN3. The third-order valence-electron chi connectivity index (χ3n) is 5.38. The summed E-state index contributed by atoms with van der Waals surface area (Å²) >= 11 is 6.27. The van der Waals surface area contributed by atoms with E-state index in [1.54, 1.807) is 0 Å². The molecule has 0 saturated heterocycles. The predicted molar refractivity (Wildman–Crippen MR) is 111 cm³/mol. The van der Waals surface area contributed by atoms with E-state index in [2.05, 4.69) is 30.1 Å². The van der Waals surface area contributed by atoms with E-state index in [-0.39, 0.29) is 6.04 Å². The van der Waals surface area contributed by atoms with E-state index in [4.69, 9.17) is 22.3 Å². The van der Waals surface area contributed by atoms with Crippen molar-refractivity contribution in [1.29, 1.82) is 0 Å². The number of hydrogen-bond acceptors (Lipinski definition) is 3. The second-order valence-electron chi connectivity index (χ2n) is 7.66. The van der Waals surface area contributed by atoms with Gasteiger partial charge in [0.25, 0.3) is 0 Å². The fourth-order valence-electron chi connectivity index (χ4n) is 3.85. The maximum Gasteiger partial charge on any atom is 0.0714 e. The van der Waals surface area contributed by atoms with Gasteiger partial charge >= 0.3 is 0 Å². The van der Waals surface area contributed by atoms with E-state index in [1.165, 1.54) is 24.9 Å². The first-order valence-corrected chi connectivity index (χ1v) is 9.91. The smallest absolute Gasteiger partial charge is 0.0714 e. The highest BCUT2D eigenvalue weighted by molar-refractivity contribution is 6.31. The number of fused-ring (bicyclic) bond motifs is 2. The highest BCUT2D eigenvalue weighted by Gasteiger charge is 2.22. The van der Waals surface area contributed by atoms with Crippen molar-refractivity contribution in [2.24, 2.45) is 11.7 Å². The maximum atomic E-state index is 6.69. The molecule has 3 nitrogen and oxygen atoms in total. The summed E-state index contributed by atoms with van der Waals surface area (Å²) in [7, 11) is 2.22. The molecule has 3 aromatic rings. The molecule has 1 aliphatic rings. The largest absolute Gasteiger partial charge is 0.324 e. The quantitative estimate of drug-likeness (QED) is 0.586. The molecule has 4 rings (SSSR count). The van der Waals surface area contributed by atoms with E-state index in [0.717, 1.165) is 52.1 Å². The number of aromatic nitrogens is 1. The van der Waals surface area contributed by atoms with Crippen LogP contribution in [0, 0.1) is 5.92 Å². The van der Waals surface area contributed by atoms with Crippen molar-refractivity contribution in [2.45, 2.75) is 31.7 Å². The predicted octanol–water partition coefficient (Wildman–Crippen LogP) is 5.16. The molecular weight excluding hydrogens is 342 g/mol.